The Hall–Kier alpha value is -4.49. The highest BCUT2D eigenvalue weighted by atomic mass is 32.1. The van der Waals surface area contributed by atoms with E-state index in [-0.39, 0.29) is 12.2 Å². The molecular weight excluding hydrogens is 506 g/mol. The Balaban J connectivity index is 1.55. The molecule has 1 atom stereocenters. The Morgan fingerprint density at radius 3 is 2.44 bits per heavy atom. The van der Waals surface area contributed by atoms with Gasteiger partial charge >= 0.3 is 5.97 Å². The lowest BCUT2D eigenvalue weighted by atomic mass is 9.96. The van der Waals surface area contributed by atoms with E-state index in [1.807, 2.05) is 66.7 Å². The second-order valence-corrected chi connectivity index (χ2v) is 10.4. The van der Waals surface area contributed by atoms with Gasteiger partial charge in [-0.3, -0.25) is 9.36 Å². The van der Waals surface area contributed by atoms with Crippen LogP contribution in [0, 0.1) is 0 Å². The molecule has 0 saturated heterocycles. The Kier molecular flexibility index (Phi) is 6.59. The van der Waals surface area contributed by atoms with Gasteiger partial charge < -0.3 is 9.30 Å². The van der Waals surface area contributed by atoms with Crippen molar-refractivity contribution < 1.29 is 9.53 Å². The summed E-state index contributed by atoms with van der Waals surface area (Å²) in [4.78, 5) is 32.3. The van der Waals surface area contributed by atoms with E-state index < -0.39 is 12.0 Å². The number of hydrogen-bond donors (Lipinski definition) is 0. The SMILES string of the molecule is CCOC(=O)C1=C(C)N=c2sc(=Cc3cc4ccccc4n3Cc3ccccc3)c(=O)n2[C@@H]1c1ccccc1. The molecule has 1 aliphatic heterocycles. The Morgan fingerprint density at radius 2 is 1.69 bits per heavy atom. The van der Waals surface area contributed by atoms with Crippen LogP contribution in [0.25, 0.3) is 17.0 Å². The monoisotopic (exact) mass is 533 g/mol. The molecule has 0 bridgehead atoms. The van der Waals surface area contributed by atoms with Gasteiger partial charge in [-0.15, -0.1) is 0 Å². The fraction of sp³-hybridized carbons (Fsp3) is 0.156. The quantitative estimate of drug-likeness (QED) is 0.295. The first-order valence-corrected chi connectivity index (χ1v) is 13.7. The Bertz CT molecular complexity index is 1900. The molecule has 0 spiro atoms. The second kappa shape index (κ2) is 10.3. The van der Waals surface area contributed by atoms with Crippen LogP contribution in [0.5, 0.6) is 0 Å². The van der Waals surface area contributed by atoms with Gasteiger partial charge in [0.1, 0.15) is 0 Å². The summed E-state index contributed by atoms with van der Waals surface area (Å²) in [7, 11) is 0. The molecule has 6 nitrogen and oxygen atoms in total. The maximum Gasteiger partial charge on any atom is 0.338 e. The molecule has 3 aromatic carbocycles. The van der Waals surface area contributed by atoms with Gasteiger partial charge in [-0.1, -0.05) is 90.2 Å². The molecule has 0 N–H and O–H groups in total. The first-order chi connectivity index (χ1) is 19.0. The minimum Gasteiger partial charge on any atom is -0.463 e. The second-order valence-electron chi connectivity index (χ2n) is 9.41. The summed E-state index contributed by atoms with van der Waals surface area (Å²) < 4.78 is 9.81. The first-order valence-electron chi connectivity index (χ1n) is 12.9. The van der Waals surface area contributed by atoms with Gasteiger partial charge in [0.15, 0.2) is 4.80 Å². The van der Waals surface area contributed by atoms with Gasteiger partial charge in [0.25, 0.3) is 5.56 Å². The molecule has 0 fully saturated rings. The van der Waals surface area contributed by atoms with E-state index in [9.17, 15) is 9.59 Å². The molecule has 1 aliphatic rings. The number of carbonyl (C=O) groups excluding carboxylic acids is 1. The molecule has 0 aliphatic carbocycles. The highest BCUT2D eigenvalue weighted by Gasteiger charge is 2.33. The highest BCUT2D eigenvalue weighted by molar-refractivity contribution is 7.07. The number of allylic oxidation sites excluding steroid dienone is 1. The lowest BCUT2D eigenvalue weighted by Gasteiger charge is -2.24. The van der Waals surface area contributed by atoms with Crippen molar-refractivity contribution in [2.45, 2.75) is 26.4 Å². The molecule has 0 unspecified atom stereocenters. The summed E-state index contributed by atoms with van der Waals surface area (Å²) in [5.74, 6) is -0.454. The zero-order valence-electron chi connectivity index (χ0n) is 21.7. The molecule has 5 aromatic rings. The molecule has 6 rings (SSSR count). The number of para-hydroxylation sites is 1. The van der Waals surface area contributed by atoms with E-state index >= 15 is 0 Å². The number of carbonyl (C=O) groups is 1. The van der Waals surface area contributed by atoms with Gasteiger partial charge in [-0.05, 0) is 43.2 Å². The first kappa shape index (κ1) is 24.8. The average molecular weight is 534 g/mol. The van der Waals surface area contributed by atoms with Crippen molar-refractivity contribution in [1.82, 2.24) is 9.13 Å². The molecule has 3 heterocycles. The van der Waals surface area contributed by atoms with Crippen LogP contribution >= 0.6 is 11.3 Å². The molecule has 39 heavy (non-hydrogen) atoms. The third-order valence-corrected chi connectivity index (χ3v) is 7.92. The highest BCUT2D eigenvalue weighted by Crippen LogP contribution is 2.30. The number of thiazole rings is 1. The van der Waals surface area contributed by atoms with E-state index in [1.165, 1.54) is 16.9 Å². The third-order valence-electron chi connectivity index (χ3n) is 6.94. The number of rotatable bonds is 6. The number of hydrogen-bond acceptors (Lipinski definition) is 5. The van der Waals surface area contributed by atoms with Crippen molar-refractivity contribution in [1.29, 1.82) is 0 Å². The van der Waals surface area contributed by atoms with Gasteiger partial charge in [-0.25, -0.2) is 9.79 Å². The Labute approximate surface area is 229 Å². The van der Waals surface area contributed by atoms with Crippen molar-refractivity contribution >= 4 is 34.3 Å². The number of aromatic nitrogens is 2. The van der Waals surface area contributed by atoms with Crippen LogP contribution in [0.1, 0.15) is 36.7 Å². The van der Waals surface area contributed by atoms with Crippen LogP contribution in [0.4, 0.5) is 0 Å². The normalized spacial score (nSPS) is 15.3. The fourth-order valence-electron chi connectivity index (χ4n) is 5.17. The largest absolute Gasteiger partial charge is 0.463 e. The summed E-state index contributed by atoms with van der Waals surface area (Å²) in [6.45, 7) is 4.50. The van der Waals surface area contributed by atoms with E-state index in [2.05, 4.69) is 34.9 Å². The van der Waals surface area contributed by atoms with Crippen molar-refractivity contribution in [3.63, 3.8) is 0 Å². The number of ether oxygens (including phenoxy) is 1. The number of nitrogens with zero attached hydrogens (tertiary/aromatic N) is 3. The fourth-order valence-corrected chi connectivity index (χ4v) is 6.20. The minimum absolute atomic E-state index is 0.182. The summed E-state index contributed by atoms with van der Waals surface area (Å²) in [6.07, 6.45) is 1.94. The zero-order chi connectivity index (χ0) is 26.9. The maximum absolute atomic E-state index is 14.0. The number of fused-ring (bicyclic) bond motifs is 2. The summed E-state index contributed by atoms with van der Waals surface area (Å²) >= 11 is 1.34. The molecule has 7 heteroatoms. The topological polar surface area (TPSA) is 65.6 Å². The van der Waals surface area contributed by atoms with Crippen LogP contribution in [-0.4, -0.2) is 21.7 Å². The third kappa shape index (κ3) is 4.55. The molecule has 194 valence electrons. The summed E-state index contributed by atoms with van der Waals surface area (Å²) in [5, 5.41) is 1.11. The van der Waals surface area contributed by atoms with Crippen LogP contribution in [0.2, 0.25) is 0 Å². The van der Waals surface area contributed by atoms with Crippen LogP contribution < -0.4 is 14.9 Å². The van der Waals surface area contributed by atoms with Crippen LogP contribution in [-0.2, 0) is 16.1 Å². The van der Waals surface area contributed by atoms with Crippen molar-refractivity contribution in [2.24, 2.45) is 4.99 Å². The molecule has 2 aromatic heterocycles. The smallest absolute Gasteiger partial charge is 0.338 e. The van der Waals surface area contributed by atoms with Gasteiger partial charge in [-0.2, -0.15) is 0 Å². The van der Waals surface area contributed by atoms with Gasteiger partial charge in [0, 0.05) is 23.1 Å². The minimum atomic E-state index is -0.612. The predicted molar refractivity (Wildman–Crippen MR) is 154 cm³/mol. The summed E-state index contributed by atoms with van der Waals surface area (Å²) in [6, 6.07) is 29.6. The van der Waals surface area contributed by atoms with E-state index in [0.717, 1.165) is 22.2 Å². The van der Waals surface area contributed by atoms with Gasteiger partial charge in [0.2, 0.25) is 0 Å². The van der Waals surface area contributed by atoms with Crippen molar-refractivity contribution in [3.8, 4) is 0 Å². The molecule has 0 amide bonds. The number of esters is 1. The zero-order valence-corrected chi connectivity index (χ0v) is 22.5. The van der Waals surface area contributed by atoms with E-state index in [4.69, 9.17) is 9.73 Å². The van der Waals surface area contributed by atoms with Crippen LogP contribution in [0.15, 0.2) is 112 Å². The van der Waals surface area contributed by atoms with Crippen LogP contribution in [0.3, 0.4) is 0 Å². The molecule has 0 radical (unpaired) electrons. The lowest BCUT2D eigenvalue weighted by Crippen LogP contribution is -2.40. The van der Waals surface area contributed by atoms with Crippen molar-refractivity contribution in [3.05, 3.63) is 139 Å². The molecular formula is C32H27N3O3S. The maximum atomic E-state index is 14.0. The van der Waals surface area contributed by atoms with Crippen molar-refractivity contribution in [2.75, 3.05) is 6.61 Å². The predicted octanol–water partition coefficient (Wildman–Crippen LogP) is 4.80. The lowest BCUT2D eigenvalue weighted by molar-refractivity contribution is -0.139. The standard InChI is InChI=1S/C32H27N3O3S/c1-3-38-31(37)28-21(2)33-32-35(29(28)23-14-8-5-9-15-23)30(36)27(39-32)19-25-18-24-16-10-11-17-26(24)34(25)20-22-12-6-4-7-13-22/h4-19,29H,3,20H2,1-2H3/t29-/m1/s1. The number of benzene rings is 3. The molecule has 0 saturated carbocycles. The Morgan fingerprint density at radius 1 is 1.00 bits per heavy atom. The van der Waals surface area contributed by atoms with Gasteiger partial charge in [0.05, 0.1) is 28.5 Å². The van der Waals surface area contributed by atoms with E-state index in [1.54, 1.807) is 18.4 Å². The average Bonchev–Trinajstić information content (AvgIpc) is 3.45. The van der Waals surface area contributed by atoms with E-state index in [0.29, 0.717) is 27.1 Å². The summed E-state index contributed by atoms with van der Waals surface area (Å²) in [5.41, 5.74) is 4.81.